The molecule has 0 aromatic heterocycles. The Labute approximate surface area is 80.6 Å². The summed E-state index contributed by atoms with van der Waals surface area (Å²) < 4.78 is 0. The van der Waals surface area contributed by atoms with Crippen LogP contribution < -0.4 is 0 Å². The maximum absolute atomic E-state index is 11.1. The zero-order chi connectivity index (χ0) is 10.5. The van der Waals surface area contributed by atoms with E-state index < -0.39 is 12.1 Å². The molecular weight excluding hydrogens is 186 g/mol. The molecule has 2 aliphatic rings. The molecule has 0 aromatic carbocycles. The van der Waals surface area contributed by atoms with Crippen LogP contribution in [0.2, 0.25) is 0 Å². The van der Waals surface area contributed by atoms with Crippen LogP contribution in [0.5, 0.6) is 0 Å². The summed E-state index contributed by atoms with van der Waals surface area (Å²) in [6, 6.07) is -0.145. The smallest absolute Gasteiger partial charge is 0.352 e. The van der Waals surface area contributed by atoms with E-state index in [4.69, 9.17) is 5.11 Å². The lowest BCUT2D eigenvalue weighted by Crippen LogP contribution is -2.53. The van der Waals surface area contributed by atoms with Crippen LogP contribution in [0, 0.1) is 5.92 Å². The quantitative estimate of drug-likeness (QED) is 0.588. The first-order valence-corrected chi connectivity index (χ1v) is 4.47. The number of aliphatic hydroxyl groups excluding tert-OH is 1. The summed E-state index contributed by atoms with van der Waals surface area (Å²) in [6.07, 6.45) is 1.19. The number of carbonyl (C=O) groups excluding carboxylic acids is 1. The molecule has 2 rings (SSSR count). The van der Waals surface area contributed by atoms with Gasteiger partial charge in [0.1, 0.15) is 5.70 Å². The van der Waals surface area contributed by atoms with Crippen LogP contribution in [0.15, 0.2) is 11.8 Å². The number of hydrogen-bond donors (Lipinski definition) is 2. The van der Waals surface area contributed by atoms with Gasteiger partial charge in [0.05, 0.1) is 12.1 Å². The molecular formula is C9H11NO4. The van der Waals surface area contributed by atoms with Gasteiger partial charge in [-0.25, -0.2) is 4.79 Å². The largest absolute Gasteiger partial charge is 0.477 e. The van der Waals surface area contributed by atoms with Crippen LogP contribution in [0.4, 0.5) is 0 Å². The second-order valence-corrected chi connectivity index (χ2v) is 3.71. The Morgan fingerprint density at radius 3 is 2.71 bits per heavy atom. The van der Waals surface area contributed by atoms with E-state index >= 15 is 0 Å². The van der Waals surface area contributed by atoms with E-state index in [1.54, 1.807) is 6.92 Å². The Balaban J connectivity index is 2.28. The SMILES string of the molecule is CC(O)C1C=C(C(=O)O)N2C(=O)C[C@@H]12. The van der Waals surface area contributed by atoms with Gasteiger partial charge in [0.25, 0.3) is 0 Å². The standard InChI is InChI=1S/C9H11NO4/c1-4(11)5-2-7(9(13)14)10-6(5)3-8(10)12/h2,4-6,11H,3H2,1H3,(H,13,14)/t4?,5?,6-/m0/s1. The number of carboxylic acid groups (broad SMARTS) is 1. The summed E-state index contributed by atoms with van der Waals surface area (Å²) in [5, 5.41) is 18.2. The fourth-order valence-electron chi connectivity index (χ4n) is 2.07. The average molecular weight is 197 g/mol. The zero-order valence-electron chi connectivity index (χ0n) is 7.67. The number of carboxylic acids is 1. The first-order chi connectivity index (χ1) is 6.52. The minimum atomic E-state index is -1.11. The van der Waals surface area contributed by atoms with Gasteiger partial charge in [-0.1, -0.05) is 0 Å². The van der Waals surface area contributed by atoms with E-state index in [1.807, 2.05) is 0 Å². The Bertz CT molecular complexity index is 334. The molecule has 2 unspecified atom stereocenters. The third-order valence-electron chi connectivity index (χ3n) is 2.81. The summed E-state index contributed by atoms with van der Waals surface area (Å²) >= 11 is 0. The topological polar surface area (TPSA) is 77.8 Å². The summed E-state index contributed by atoms with van der Waals surface area (Å²) in [4.78, 5) is 23.2. The summed E-state index contributed by atoms with van der Waals surface area (Å²) in [5.41, 5.74) is 0.0113. The Morgan fingerprint density at radius 1 is 1.71 bits per heavy atom. The number of aliphatic carboxylic acids is 1. The highest BCUT2D eigenvalue weighted by molar-refractivity contribution is 5.97. The number of β-lactam (4-membered cyclic amide) rings is 1. The summed E-state index contributed by atoms with van der Waals surface area (Å²) in [6.45, 7) is 1.60. The van der Waals surface area contributed by atoms with Gasteiger partial charge >= 0.3 is 5.97 Å². The van der Waals surface area contributed by atoms with Gasteiger partial charge < -0.3 is 15.1 Å². The van der Waals surface area contributed by atoms with Crippen molar-refractivity contribution in [2.45, 2.75) is 25.5 Å². The molecule has 2 heterocycles. The van der Waals surface area contributed by atoms with Crippen LogP contribution >= 0.6 is 0 Å². The van der Waals surface area contributed by atoms with Crippen molar-refractivity contribution in [3.63, 3.8) is 0 Å². The van der Waals surface area contributed by atoms with E-state index in [0.717, 1.165) is 0 Å². The maximum atomic E-state index is 11.1. The van der Waals surface area contributed by atoms with Gasteiger partial charge in [0.2, 0.25) is 5.91 Å². The third-order valence-corrected chi connectivity index (χ3v) is 2.81. The van der Waals surface area contributed by atoms with Gasteiger partial charge in [-0.15, -0.1) is 0 Å². The average Bonchev–Trinajstić information content (AvgIpc) is 2.37. The highest BCUT2D eigenvalue weighted by atomic mass is 16.4. The van der Waals surface area contributed by atoms with E-state index in [-0.39, 0.29) is 23.6 Å². The normalized spacial score (nSPS) is 32.0. The Kier molecular flexibility index (Phi) is 1.85. The Hall–Kier alpha value is -1.36. The van der Waals surface area contributed by atoms with Crippen LogP contribution in [0.1, 0.15) is 13.3 Å². The first kappa shape index (κ1) is 9.21. The third kappa shape index (κ3) is 1.05. The highest BCUT2D eigenvalue weighted by Crippen LogP contribution is 2.39. The number of nitrogens with zero attached hydrogens (tertiary/aromatic N) is 1. The zero-order valence-corrected chi connectivity index (χ0v) is 7.67. The minimum absolute atomic E-state index is 0.0113. The maximum Gasteiger partial charge on any atom is 0.352 e. The van der Waals surface area contributed by atoms with Gasteiger partial charge in [0, 0.05) is 12.3 Å². The van der Waals surface area contributed by atoms with Crippen molar-refractivity contribution < 1.29 is 19.8 Å². The first-order valence-electron chi connectivity index (χ1n) is 4.47. The van der Waals surface area contributed by atoms with Crippen molar-refractivity contribution in [1.29, 1.82) is 0 Å². The number of amides is 1. The molecule has 0 spiro atoms. The molecule has 76 valence electrons. The van der Waals surface area contributed by atoms with Gasteiger partial charge in [-0.05, 0) is 13.0 Å². The van der Waals surface area contributed by atoms with Crippen LogP contribution in [-0.2, 0) is 9.59 Å². The number of hydrogen-bond acceptors (Lipinski definition) is 3. The van der Waals surface area contributed by atoms with E-state index in [9.17, 15) is 14.7 Å². The molecule has 0 aromatic rings. The molecule has 0 saturated carbocycles. The van der Waals surface area contributed by atoms with Crippen molar-refractivity contribution in [3.05, 3.63) is 11.8 Å². The predicted molar refractivity (Wildman–Crippen MR) is 46.1 cm³/mol. The lowest BCUT2D eigenvalue weighted by molar-refractivity contribution is -0.149. The van der Waals surface area contributed by atoms with E-state index in [2.05, 4.69) is 0 Å². The predicted octanol–water partition coefficient (Wildman–Crippen LogP) is -0.434. The van der Waals surface area contributed by atoms with Crippen molar-refractivity contribution in [2.24, 2.45) is 5.92 Å². The number of fused-ring (bicyclic) bond motifs is 1. The number of rotatable bonds is 2. The van der Waals surface area contributed by atoms with E-state index in [1.165, 1.54) is 11.0 Å². The monoisotopic (exact) mass is 197 g/mol. The molecule has 1 amide bonds. The molecule has 1 saturated heterocycles. The molecule has 2 N–H and O–H groups in total. The molecule has 0 radical (unpaired) electrons. The van der Waals surface area contributed by atoms with Crippen LogP contribution in [0.25, 0.3) is 0 Å². The van der Waals surface area contributed by atoms with E-state index in [0.29, 0.717) is 6.42 Å². The molecule has 5 nitrogen and oxygen atoms in total. The Morgan fingerprint density at radius 2 is 2.36 bits per heavy atom. The lowest BCUT2D eigenvalue weighted by atomic mass is 9.89. The second kappa shape index (κ2) is 2.81. The van der Waals surface area contributed by atoms with Gasteiger partial charge in [0.15, 0.2) is 0 Å². The molecule has 2 aliphatic heterocycles. The highest BCUT2D eigenvalue weighted by Gasteiger charge is 2.50. The van der Waals surface area contributed by atoms with Crippen molar-refractivity contribution in [3.8, 4) is 0 Å². The lowest BCUT2D eigenvalue weighted by Gasteiger charge is -2.39. The summed E-state index contributed by atoms with van der Waals surface area (Å²) in [5.74, 6) is -1.52. The minimum Gasteiger partial charge on any atom is -0.477 e. The van der Waals surface area contributed by atoms with Crippen molar-refractivity contribution in [1.82, 2.24) is 4.90 Å². The van der Waals surface area contributed by atoms with Crippen molar-refractivity contribution in [2.75, 3.05) is 0 Å². The van der Waals surface area contributed by atoms with Gasteiger partial charge in [-0.3, -0.25) is 4.79 Å². The molecule has 0 bridgehead atoms. The molecule has 0 aliphatic carbocycles. The second-order valence-electron chi connectivity index (χ2n) is 3.71. The summed E-state index contributed by atoms with van der Waals surface area (Å²) in [7, 11) is 0. The molecule has 3 atom stereocenters. The fraction of sp³-hybridized carbons (Fsp3) is 0.556. The van der Waals surface area contributed by atoms with Gasteiger partial charge in [-0.2, -0.15) is 0 Å². The van der Waals surface area contributed by atoms with Crippen molar-refractivity contribution >= 4 is 11.9 Å². The molecule has 5 heteroatoms. The molecule has 14 heavy (non-hydrogen) atoms. The van der Waals surface area contributed by atoms with Crippen LogP contribution in [-0.4, -0.2) is 39.1 Å². The number of aliphatic hydroxyl groups is 1. The van der Waals surface area contributed by atoms with Crippen LogP contribution in [0.3, 0.4) is 0 Å². The fourth-order valence-corrected chi connectivity index (χ4v) is 2.07. The number of carbonyl (C=O) groups is 2. The molecule has 1 fully saturated rings.